The van der Waals surface area contributed by atoms with Crippen LogP contribution in [0.4, 0.5) is 5.82 Å². The van der Waals surface area contributed by atoms with Crippen LogP contribution in [0.2, 0.25) is 0 Å². The molecule has 26 heavy (non-hydrogen) atoms. The highest BCUT2D eigenvalue weighted by Gasteiger charge is 2.39. The Bertz CT molecular complexity index is 752. The minimum absolute atomic E-state index is 0.0148. The van der Waals surface area contributed by atoms with Gasteiger partial charge in [0, 0.05) is 17.9 Å². The van der Waals surface area contributed by atoms with Crippen molar-refractivity contribution in [1.29, 1.82) is 0 Å². The molecule has 1 aliphatic rings. The van der Waals surface area contributed by atoms with Crippen LogP contribution in [0.15, 0.2) is 36.4 Å². The van der Waals surface area contributed by atoms with E-state index in [1.165, 1.54) is 5.56 Å². The zero-order chi connectivity index (χ0) is 18.8. The topological polar surface area (TPSA) is 59.0 Å². The highest BCUT2D eigenvalue weighted by atomic mass is 16.1. The number of carbonyl (C=O) groups is 1. The lowest BCUT2D eigenvalue weighted by atomic mass is 9.71. The van der Waals surface area contributed by atoms with Crippen molar-refractivity contribution in [2.45, 2.75) is 57.9 Å². The Morgan fingerprint density at radius 3 is 2.46 bits per heavy atom. The average molecular weight is 354 g/mol. The van der Waals surface area contributed by atoms with Gasteiger partial charge in [-0.1, -0.05) is 37.3 Å². The summed E-state index contributed by atoms with van der Waals surface area (Å²) in [6.45, 7) is 10.1. The molecule has 0 unspecified atom stereocenters. The van der Waals surface area contributed by atoms with Crippen molar-refractivity contribution in [2.75, 3.05) is 18.4 Å². The van der Waals surface area contributed by atoms with E-state index in [-0.39, 0.29) is 16.9 Å². The number of piperidine rings is 1. The first kappa shape index (κ1) is 18.6. The SMILES string of the molecule is CCC(=O)Nc1cc(C2(c3ccccc3)CCNCC2)nn1C(C)(C)C. The summed E-state index contributed by atoms with van der Waals surface area (Å²) in [6, 6.07) is 12.7. The van der Waals surface area contributed by atoms with Gasteiger partial charge in [0.1, 0.15) is 5.82 Å². The molecule has 1 saturated heterocycles. The number of amides is 1. The molecular weight excluding hydrogens is 324 g/mol. The molecule has 0 atom stereocenters. The van der Waals surface area contributed by atoms with Crippen LogP contribution in [0.5, 0.6) is 0 Å². The number of anilines is 1. The van der Waals surface area contributed by atoms with Crippen molar-refractivity contribution < 1.29 is 4.79 Å². The molecule has 0 spiro atoms. The average Bonchev–Trinajstić information content (AvgIpc) is 3.07. The third-order valence-corrected chi connectivity index (χ3v) is 5.21. The molecule has 0 bridgehead atoms. The van der Waals surface area contributed by atoms with E-state index in [9.17, 15) is 4.79 Å². The fourth-order valence-corrected chi connectivity index (χ4v) is 3.75. The van der Waals surface area contributed by atoms with Gasteiger partial charge in [0.15, 0.2) is 0 Å². The number of hydrogen-bond donors (Lipinski definition) is 2. The summed E-state index contributed by atoms with van der Waals surface area (Å²) in [5, 5.41) is 11.5. The minimum atomic E-state index is -0.209. The Morgan fingerprint density at radius 2 is 1.88 bits per heavy atom. The summed E-state index contributed by atoms with van der Waals surface area (Å²) in [7, 11) is 0. The molecule has 1 amide bonds. The van der Waals surface area contributed by atoms with Crippen LogP contribution in [0.1, 0.15) is 58.2 Å². The summed E-state index contributed by atoms with van der Waals surface area (Å²) < 4.78 is 1.96. The first-order valence-corrected chi connectivity index (χ1v) is 9.54. The zero-order valence-corrected chi connectivity index (χ0v) is 16.3. The molecule has 2 heterocycles. The zero-order valence-electron chi connectivity index (χ0n) is 16.3. The number of nitrogens with zero attached hydrogens (tertiary/aromatic N) is 2. The van der Waals surface area contributed by atoms with Gasteiger partial charge in [-0.3, -0.25) is 4.79 Å². The van der Waals surface area contributed by atoms with Gasteiger partial charge in [-0.05, 0) is 52.3 Å². The maximum atomic E-state index is 12.0. The van der Waals surface area contributed by atoms with E-state index in [1.807, 2.05) is 11.6 Å². The Hall–Kier alpha value is -2.14. The second kappa shape index (κ2) is 7.23. The largest absolute Gasteiger partial charge is 0.317 e. The number of rotatable bonds is 4. The Balaban J connectivity index is 2.11. The van der Waals surface area contributed by atoms with Crippen LogP contribution < -0.4 is 10.6 Å². The van der Waals surface area contributed by atoms with Crippen molar-refractivity contribution in [1.82, 2.24) is 15.1 Å². The second-order valence-corrected chi connectivity index (χ2v) is 8.10. The summed E-state index contributed by atoms with van der Waals surface area (Å²) in [6.07, 6.45) is 2.46. The number of hydrogen-bond acceptors (Lipinski definition) is 3. The molecule has 0 radical (unpaired) electrons. The van der Waals surface area contributed by atoms with Gasteiger partial charge in [-0.2, -0.15) is 5.10 Å². The van der Waals surface area contributed by atoms with Gasteiger partial charge in [-0.15, -0.1) is 0 Å². The van der Waals surface area contributed by atoms with E-state index in [0.29, 0.717) is 6.42 Å². The van der Waals surface area contributed by atoms with Crippen LogP contribution in [0.25, 0.3) is 0 Å². The first-order chi connectivity index (χ1) is 12.4. The fraction of sp³-hybridized carbons (Fsp3) is 0.524. The molecule has 5 nitrogen and oxygen atoms in total. The van der Waals surface area contributed by atoms with Gasteiger partial charge in [0.2, 0.25) is 5.91 Å². The van der Waals surface area contributed by atoms with Crippen molar-refractivity contribution in [3.05, 3.63) is 47.7 Å². The van der Waals surface area contributed by atoms with Crippen molar-refractivity contribution in [3.63, 3.8) is 0 Å². The van der Waals surface area contributed by atoms with E-state index >= 15 is 0 Å². The molecule has 0 saturated carbocycles. The van der Waals surface area contributed by atoms with Crippen LogP contribution in [-0.4, -0.2) is 28.8 Å². The number of aromatic nitrogens is 2. The molecule has 3 rings (SSSR count). The molecule has 0 aliphatic carbocycles. The predicted molar refractivity (Wildman–Crippen MR) is 105 cm³/mol. The molecule has 1 fully saturated rings. The van der Waals surface area contributed by atoms with Gasteiger partial charge in [0.25, 0.3) is 0 Å². The molecule has 2 N–H and O–H groups in total. The standard InChI is InChI=1S/C21H30N4O/c1-5-19(26)23-18-15-17(24-25(18)20(2,3)4)21(11-13-22-14-12-21)16-9-7-6-8-10-16/h6-10,15,22H,5,11-14H2,1-4H3,(H,23,26). The maximum absolute atomic E-state index is 12.0. The van der Waals surface area contributed by atoms with E-state index in [2.05, 4.69) is 67.8 Å². The molecule has 1 aliphatic heterocycles. The molecule has 5 heteroatoms. The third-order valence-electron chi connectivity index (χ3n) is 5.21. The lowest BCUT2D eigenvalue weighted by Gasteiger charge is -2.37. The van der Waals surface area contributed by atoms with Gasteiger partial charge in [0.05, 0.1) is 11.2 Å². The normalized spacial score (nSPS) is 17.1. The number of carbonyl (C=O) groups excluding carboxylic acids is 1. The lowest BCUT2D eigenvalue weighted by Crippen LogP contribution is -2.41. The fourth-order valence-electron chi connectivity index (χ4n) is 3.75. The minimum Gasteiger partial charge on any atom is -0.317 e. The van der Waals surface area contributed by atoms with Crippen molar-refractivity contribution in [2.24, 2.45) is 0 Å². The smallest absolute Gasteiger partial charge is 0.225 e. The highest BCUT2D eigenvalue weighted by molar-refractivity contribution is 5.89. The van der Waals surface area contributed by atoms with Gasteiger partial charge < -0.3 is 10.6 Å². The highest BCUT2D eigenvalue weighted by Crippen LogP contribution is 2.41. The van der Waals surface area contributed by atoms with E-state index in [0.717, 1.165) is 37.4 Å². The number of benzene rings is 1. The number of nitrogens with one attached hydrogen (secondary N) is 2. The lowest BCUT2D eigenvalue weighted by molar-refractivity contribution is -0.115. The second-order valence-electron chi connectivity index (χ2n) is 8.10. The van der Waals surface area contributed by atoms with Crippen LogP contribution in [-0.2, 0) is 15.7 Å². The molecule has 2 aromatic rings. The molecule has 1 aromatic carbocycles. The monoisotopic (exact) mass is 354 g/mol. The van der Waals surface area contributed by atoms with Gasteiger partial charge >= 0.3 is 0 Å². The van der Waals surface area contributed by atoms with Crippen LogP contribution in [0.3, 0.4) is 0 Å². The maximum Gasteiger partial charge on any atom is 0.225 e. The van der Waals surface area contributed by atoms with Crippen LogP contribution >= 0.6 is 0 Å². The summed E-state index contributed by atoms with van der Waals surface area (Å²) in [5.41, 5.74) is 2.02. The van der Waals surface area contributed by atoms with E-state index in [4.69, 9.17) is 5.10 Å². The summed E-state index contributed by atoms with van der Waals surface area (Å²) >= 11 is 0. The Kier molecular flexibility index (Phi) is 5.19. The Labute approximate surface area is 156 Å². The van der Waals surface area contributed by atoms with E-state index in [1.54, 1.807) is 0 Å². The molecule has 140 valence electrons. The summed E-state index contributed by atoms with van der Waals surface area (Å²) in [4.78, 5) is 12.0. The van der Waals surface area contributed by atoms with Gasteiger partial charge in [-0.25, -0.2) is 4.68 Å². The Morgan fingerprint density at radius 1 is 1.23 bits per heavy atom. The van der Waals surface area contributed by atoms with E-state index < -0.39 is 0 Å². The van der Waals surface area contributed by atoms with Crippen LogP contribution in [0, 0.1) is 0 Å². The van der Waals surface area contributed by atoms with Crippen molar-refractivity contribution >= 4 is 11.7 Å². The quantitative estimate of drug-likeness (QED) is 0.881. The third kappa shape index (κ3) is 3.54. The predicted octanol–water partition coefficient (Wildman–Crippen LogP) is 3.66. The molecule has 1 aromatic heterocycles. The summed E-state index contributed by atoms with van der Waals surface area (Å²) in [5.74, 6) is 0.800. The van der Waals surface area contributed by atoms with Crippen molar-refractivity contribution in [3.8, 4) is 0 Å². The molecular formula is C21H30N4O. The first-order valence-electron chi connectivity index (χ1n) is 9.54.